The first-order valence-electron chi connectivity index (χ1n) is 12.0. The van der Waals surface area contributed by atoms with Crippen molar-refractivity contribution >= 4 is 5.52 Å². The Morgan fingerprint density at radius 3 is 2.58 bits per heavy atom. The maximum Gasteiger partial charge on any atom is 0.136 e. The highest BCUT2D eigenvalue weighted by Gasteiger charge is 2.24. The molecule has 0 unspecified atom stereocenters. The van der Waals surface area contributed by atoms with Gasteiger partial charge in [-0.05, 0) is 86.6 Å². The van der Waals surface area contributed by atoms with E-state index in [0.29, 0.717) is 17.8 Å². The molecule has 186 valence electrons. The van der Waals surface area contributed by atoms with Crippen molar-refractivity contribution in [3.63, 3.8) is 0 Å². The number of pyridine rings is 1. The summed E-state index contributed by atoms with van der Waals surface area (Å²) in [6.45, 7) is 5.06. The van der Waals surface area contributed by atoms with Crippen LogP contribution >= 0.6 is 0 Å². The van der Waals surface area contributed by atoms with Gasteiger partial charge in [0.1, 0.15) is 17.5 Å². The molecule has 0 amide bonds. The molecule has 3 aromatic heterocycles. The second-order valence-electron chi connectivity index (χ2n) is 10.2. The highest BCUT2D eigenvalue weighted by molar-refractivity contribution is 5.63. The Bertz CT molecular complexity index is 1450. The van der Waals surface area contributed by atoms with Gasteiger partial charge in [-0.3, -0.25) is 4.98 Å². The number of aromatic nitrogens is 4. The van der Waals surface area contributed by atoms with Crippen LogP contribution in [-0.2, 0) is 12.0 Å². The first kappa shape index (κ1) is 24.2. The van der Waals surface area contributed by atoms with Crippen LogP contribution in [0.4, 0.5) is 8.78 Å². The Hall–Kier alpha value is -3.49. The molecule has 0 bridgehead atoms. The van der Waals surface area contributed by atoms with Gasteiger partial charge in [-0.25, -0.2) is 18.3 Å². The summed E-state index contributed by atoms with van der Waals surface area (Å²) in [7, 11) is 0. The zero-order valence-electron chi connectivity index (χ0n) is 20.5. The standard InChI is InChI=1S/C28H29F2N5O/c1-16-8-17(10-20(31)9-16)22-6-7-32-14-18(22)11-26-33-15-21-4-5-25(34-35(21)26)27-23(29)12-19(13-24(27)30)28(2,3)36/h4-7,9,12-15,17,20,36H,8,10-11,31H2,1-3H3/t17-,20+/m1/s1. The summed E-state index contributed by atoms with van der Waals surface area (Å²) in [5.74, 6) is -0.642. The lowest BCUT2D eigenvalue weighted by molar-refractivity contribution is 0.0779. The average molecular weight is 490 g/mol. The summed E-state index contributed by atoms with van der Waals surface area (Å²) >= 11 is 0. The summed E-state index contributed by atoms with van der Waals surface area (Å²) in [4.78, 5) is 8.88. The van der Waals surface area contributed by atoms with Crippen LogP contribution in [0.15, 0.2) is 60.6 Å². The van der Waals surface area contributed by atoms with Crippen LogP contribution in [0.25, 0.3) is 16.8 Å². The summed E-state index contributed by atoms with van der Waals surface area (Å²) < 4.78 is 31.6. The van der Waals surface area contributed by atoms with Crippen molar-refractivity contribution in [2.45, 2.75) is 57.6 Å². The third-order valence-electron chi connectivity index (χ3n) is 6.81. The third-order valence-corrected chi connectivity index (χ3v) is 6.81. The fourth-order valence-corrected chi connectivity index (χ4v) is 5.05. The molecule has 1 aliphatic carbocycles. The smallest absolute Gasteiger partial charge is 0.136 e. The van der Waals surface area contributed by atoms with Gasteiger partial charge in [0.25, 0.3) is 0 Å². The SMILES string of the molecule is CC1=C[C@H](N)C[C@H](c2ccncc2Cc2ncc3ccc(-c4c(F)cc(C(C)(C)O)cc4F)nn23)C1. The van der Waals surface area contributed by atoms with Crippen LogP contribution in [0.5, 0.6) is 0 Å². The maximum atomic E-state index is 15.0. The van der Waals surface area contributed by atoms with E-state index in [9.17, 15) is 13.9 Å². The lowest BCUT2D eigenvalue weighted by Crippen LogP contribution is -2.25. The third kappa shape index (κ3) is 4.66. The molecule has 1 aliphatic rings. The zero-order valence-corrected chi connectivity index (χ0v) is 20.5. The molecule has 0 spiro atoms. The quantitative estimate of drug-likeness (QED) is 0.384. The number of imidazole rings is 1. The lowest BCUT2D eigenvalue weighted by Gasteiger charge is -2.27. The molecule has 4 aromatic rings. The van der Waals surface area contributed by atoms with Gasteiger partial charge in [0.15, 0.2) is 0 Å². The van der Waals surface area contributed by atoms with Crippen LogP contribution < -0.4 is 5.73 Å². The van der Waals surface area contributed by atoms with Crippen molar-refractivity contribution in [2.24, 2.45) is 5.73 Å². The normalized spacial score (nSPS) is 18.5. The van der Waals surface area contributed by atoms with E-state index in [-0.39, 0.29) is 28.8 Å². The van der Waals surface area contributed by atoms with Gasteiger partial charge in [-0.2, -0.15) is 5.10 Å². The Labute approximate surface area is 208 Å². The topological polar surface area (TPSA) is 89.3 Å². The van der Waals surface area contributed by atoms with Crippen molar-refractivity contribution in [3.05, 3.63) is 94.7 Å². The Kier molecular flexibility index (Phi) is 6.18. The predicted octanol–water partition coefficient (Wildman–Crippen LogP) is 5.04. The molecule has 5 rings (SSSR count). The highest BCUT2D eigenvalue weighted by atomic mass is 19.1. The van der Waals surface area contributed by atoms with E-state index in [1.165, 1.54) is 25.0 Å². The van der Waals surface area contributed by atoms with Crippen molar-refractivity contribution in [1.82, 2.24) is 19.6 Å². The molecule has 0 aliphatic heterocycles. The summed E-state index contributed by atoms with van der Waals surface area (Å²) in [6.07, 6.45) is 9.71. The number of hydrogen-bond donors (Lipinski definition) is 2. The van der Waals surface area contributed by atoms with Gasteiger partial charge >= 0.3 is 0 Å². The molecule has 3 N–H and O–H groups in total. The highest BCUT2D eigenvalue weighted by Crippen LogP contribution is 2.35. The second-order valence-corrected chi connectivity index (χ2v) is 10.2. The summed E-state index contributed by atoms with van der Waals surface area (Å²) in [5, 5.41) is 14.7. The molecule has 0 fully saturated rings. The van der Waals surface area contributed by atoms with Gasteiger partial charge in [-0.15, -0.1) is 0 Å². The minimum absolute atomic E-state index is 0.0221. The van der Waals surface area contributed by atoms with Crippen LogP contribution in [0.1, 0.15) is 62.0 Å². The second kappa shape index (κ2) is 9.19. The van der Waals surface area contributed by atoms with Crippen molar-refractivity contribution in [2.75, 3.05) is 0 Å². The first-order valence-corrected chi connectivity index (χ1v) is 12.0. The Balaban J connectivity index is 1.52. The molecular weight excluding hydrogens is 460 g/mol. The number of nitrogens with zero attached hydrogens (tertiary/aromatic N) is 4. The Morgan fingerprint density at radius 1 is 1.14 bits per heavy atom. The number of aliphatic hydroxyl groups is 1. The number of halogens is 2. The van der Waals surface area contributed by atoms with E-state index in [0.717, 1.165) is 30.5 Å². The molecule has 3 heterocycles. The van der Waals surface area contributed by atoms with E-state index in [1.807, 2.05) is 12.3 Å². The van der Waals surface area contributed by atoms with Crippen LogP contribution in [0, 0.1) is 11.6 Å². The number of allylic oxidation sites excluding steroid dienone is 1. The largest absolute Gasteiger partial charge is 0.386 e. The van der Waals surface area contributed by atoms with E-state index in [4.69, 9.17) is 5.73 Å². The first-order chi connectivity index (χ1) is 17.1. The van der Waals surface area contributed by atoms with Crippen molar-refractivity contribution in [3.8, 4) is 11.3 Å². The minimum Gasteiger partial charge on any atom is -0.386 e. The average Bonchev–Trinajstić information content (AvgIpc) is 3.20. The summed E-state index contributed by atoms with van der Waals surface area (Å²) in [5.41, 5.74) is 9.13. The van der Waals surface area contributed by atoms with E-state index >= 15 is 0 Å². The minimum atomic E-state index is -1.37. The molecule has 1 aromatic carbocycles. The molecule has 6 nitrogen and oxygen atoms in total. The number of benzene rings is 1. The van der Waals surface area contributed by atoms with Gasteiger partial charge in [-0.1, -0.05) is 11.6 Å². The lowest BCUT2D eigenvalue weighted by atomic mass is 9.80. The van der Waals surface area contributed by atoms with Gasteiger partial charge in [0.05, 0.1) is 28.6 Å². The fraction of sp³-hybridized carbons (Fsp3) is 0.321. The van der Waals surface area contributed by atoms with Crippen LogP contribution in [0.2, 0.25) is 0 Å². The molecule has 0 saturated carbocycles. The van der Waals surface area contributed by atoms with Crippen molar-refractivity contribution < 1.29 is 13.9 Å². The van der Waals surface area contributed by atoms with Gasteiger partial charge in [0, 0.05) is 24.9 Å². The molecule has 0 saturated heterocycles. The zero-order chi connectivity index (χ0) is 25.6. The summed E-state index contributed by atoms with van der Waals surface area (Å²) in [6, 6.07) is 7.65. The number of fused-ring (bicyclic) bond motifs is 1. The molecular formula is C28H29F2N5O. The predicted molar refractivity (Wildman–Crippen MR) is 134 cm³/mol. The van der Waals surface area contributed by atoms with Crippen LogP contribution in [-0.4, -0.2) is 30.7 Å². The molecule has 0 radical (unpaired) electrons. The van der Waals surface area contributed by atoms with Gasteiger partial charge < -0.3 is 10.8 Å². The number of nitrogens with two attached hydrogens (primary N) is 1. The monoisotopic (exact) mass is 489 g/mol. The molecule has 36 heavy (non-hydrogen) atoms. The van der Waals surface area contributed by atoms with Crippen molar-refractivity contribution in [1.29, 1.82) is 0 Å². The van der Waals surface area contributed by atoms with E-state index < -0.39 is 17.2 Å². The fourth-order valence-electron chi connectivity index (χ4n) is 5.05. The molecule has 8 heteroatoms. The van der Waals surface area contributed by atoms with E-state index in [1.54, 1.807) is 29.0 Å². The number of hydrogen-bond acceptors (Lipinski definition) is 5. The van der Waals surface area contributed by atoms with Crippen LogP contribution in [0.3, 0.4) is 0 Å². The maximum absolute atomic E-state index is 15.0. The van der Waals surface area contributed by atoms with E-state index in [2.05, 4.69) is 28.1 Å². The Morgan fingerprint density at radius 2 is 1.89 bits per heavy atom. The van der Waals surface area contributed by atoms with Gasteiger partial charge in [0.2, 0.25) is 0 Å². The number of rotatable bonds is 5. The molecule has 2 atom stereocenters.